The molecular weight excluding hydrogens is 295 g/mol. The molecule has 0 bridgehead atoms. The van der Waals surface area contributed by atoms with Crippen LogP contribution < -0.4 is 5.32 Å². The molecule has 2 aromatic rings. The van der Waals surface area contributed by atoms with E-state index >= 15 is 0 Å². The van der Waals surface area contributed by atoms with E-state index in [0.717, 1.165) is 17.7 Å². The van der Waals surface area contributed by atoms with Gasteiger partial charge in [0.25, 0.3) is 0 Å². The predicted molar refractivity (Wildman–Crippen MR) is 85.3 cm³/mol. The van der Waals surface area contributed by atoms with E-state index in [2.05, 4.69) is 10.4 Å². The van der Waals surface area contributed by atoms with Crippen molar-refractivity contribution in [3.05, 3.63) is 53.6 Å². The second-order valence-electron chi connectivity index (χ2n) is 5.89. The van der Waals surface area contributed by atoms with Crippen LogP contribution in [0, 0.1) is 12.7 Å². The van der Waals surface area contributed by atoms with Crippen molar-refractivity contribution in [3.63, 3.8) is 0 Å². The van der Waals surface area contributed by atoms with Crippen LogP contribution in [0.25, 0.3) is 0 Å². The molecule has 1 aromatic carbocycles. The first-order valence-corrected chi connectivity index (χ1v) is 7.88. The zero-order chi connectivity index (χ0) is 16.2. The lowest BCUT2D eigenvalue weighted by atomic mass is 10.0. The lowest BCUT2D eigenvalue weighted by Crippen LogP contribution is -2.48. The first-order chi connectivity index (χ1) is 11.1. The summed E-state index contributed by atoms with van der Waals surface area (Å²) in [6.45, 7) is 4.58. The topological polar surface area (TPSA) is 50.2 Å². The second kappa shape index (κ2) is 6.91. The molecule has 1 aromatic heterocycles. The van der Waals surface area contributed by atoms with E-state index in [9.17, 15) is 9.18 Å². The van der Waals surface area contributed by atoms with Gasteiger partial charge in [0.2, 0.25) is 5.91 Å². The third-order valence-corrected chi connectivity index (χ3v) is 4.11. The van der Waals surface area contributed by atoms with E-state index in [1.165, 1.54) is 12.1 Å². The Morgan fingerprint density at radius 1 is 1.48 bits per heavy atom. The van der Waals surface area contributed by atoms with Crippen molar-refractivity contribution in [2.45, 2.75) is 25.9 Å². The molecule has 0 aliphatic carbocycles. The number of amides is 1. The Kier molecular flexibility index (Phi) is 4.71. The molecular formula is C17H21FN4O. The van der Waals surface area contributed by atoms with Crippen LogP contribution in [-0.4, -0.2) is 40.2 Å². The van der Waals surface area contributed by atoms with E-state index < -0.39 is 0 Å². The number of halogens is 1. The van der Waals surface area contributed by atoms with Crippen LogP contribution in [0.3, 0.4) is 0 Å². The standard InChI is InChI=1S/C17H21FN4O/c1-13-10-20-21(12-13)7-5-17(23)22-8-6-19-11-16(22)14-3-2-4-15(18)9-14/h2-4,9-10,12,16,19H,5-8,11H2,1H3. The molecule has 1 aliphatic rings. The Labute approximate surface area is 135 Å². The predicted octanol–water partition coefficient (Wildman–Crippen LogP) is 1.89. The minimum absolute atomic E-state index is 0.0777. The van der Waals surface area contributed by atoms with Gasteiger partial charge in [-0.25, -0.2) is 4.39 Å². The molecule has 1 amide bonds. The maximum Gasteiger partial charge on any atom is 0.225 e. The SMILES string of the molecule is Cc1cnn(CCC(=O)N2CCNCC2c2cccc(F)c2)c1. The maximum absolute atomic E-state index is 13.5. The Hall–Kier alpha value is -2.21. The average Bonchev–Trinajstić information content (AvgIpc) is 2.98. The number of aromatic nitrogens is 2. The minimum atomic E-state index is -0.271. The van der Waals surface area contributed by atoms with Gasteiger partial charge in [0.15, 0.2) is 0 Å². The van der Waals surface area contributed by atoms with Gasteiger partial charge in [0.1, 0.15) is 5.82 Å². The number of piperazine rings is 1. The van der Waals surface area contributed by atoms with Crippen LogP contribution in [0.2, 0.25) is 0 Å². The van der Waals surface area contributed by atoms with Gasteiger partial charge in [0.05, 0.1) is 12.2 Å². The number of nitrogens with zero attached hydrogens (tertiary/aromatic N) is 3. The lowest BCUT2D eigenvalue weighted by Gasteiger charge is -2.36. The van der Waals surface area contributed by atoms with Crippen molar-refractivity contribution in [1.29, 1.82) is 0 Å². The van der Waals surface area contributed by atoms with Gasteiger partial charge in [-0.1, -0.05) is 12.1 Å². The molecule has 1 unspecified atom stereocenters. The Bertz CT molecular complexity index is 685. The zero-order valence-corrected chi connectivity index (χ0v) is 13.2. The fraction of sp³-hybridized carbons (Fsp3) is 0.412. The van der Waals surface area contributed by atoms with Crippen molar-refractivity contribution in [3.8, 4) is 0 Å². The van der Waals surface area contributed by atoms with Gasteiger partial charge in [-0.3, -0.25) is 9.48 Å². The summed E-state index contributed by atoms with van der Waals surface area (Å²) in [7, 11) is 0. The van der Waals surface area contributed by atoms with Gasteiger partial charge < -0.3 is 10.2 Å². The summed E-state index contributed by atoms with van der Waals surface area (Å²) in [5.74, 6) is -0.193. The quantitative estimate of drug-likeness (QED) is 0.937. The highest BCUT2D eigenvalue weighted by Gasteiger charge is 2.27. The molecule has 0 radical (unpaired) electrons. The molecule has 1 atom stereocenters. The highest BCUT2D eigenvalue weighted by molar-refractivity contribution is 5.76. The van der Waals surface area contributed by atoms with Gasteiger partial charge in [-0.15, -0.1) is 0 Å². The number of carbonyl (C=O) groups is 1. The lowest BCUT2D eigenvalue weighted by molar-refractivity contribution is -0.134. The van der Waals surface area contributed by atoms with Crippen molar-refractivity contribution < 1.29 is 9.18 Å². The summed E-state index contributed by atoms with van der Waals surface area (Å²) in [5, 5.41) is 7.49. The Morgan fingerprint density at radius 3 is 3.09 bits per heavy atom. The first kappa shape index (κ1) is 15.7. The number of nitrogens with one attached hydrogen (secondary N) is 1. The minimum Gasteiger partial charge on any atom is -0.333 e. The molecule has 6 heteroatoms. The fourth-order valence-corrected chi connectivity index (χ4v) is 2.96. The van der Waals surface area contributed by atoms with Gasteiger partial charge in [-0.05, 0) is 30.2 Å². The molecule has 1 N–H and O–H groups in total. The number of benzene rings is 1. The summed E-state index contributed by atoms with van der Waals surface area (Å²) in [4.78, 5) is 14.5. The van der Waals surface area contributed by atoms with Crippen molar-refractivity contribution in [1.82, 2.24) is 20.0 Å². The van der Waals surface area contributed by atoms with E-state index in [4.69, 9.17) is 0 Å². The monoisotopic (exact) mass is 316 g/mol. The van der Waals surface area contributed by atoms with Gasteiger partial charge in [-0.2, -0.15) is 5.10 Å². The normalized spacial score (nSPS) is 18.2. The third-order valence-electron chi connectivity index (χ3n) is 4.11. The fourth-order valence-electron chi connectivity index (χ4n) is 2.96. The molecule has 5 nitrogen and oxygen atoms in total. The summed E-state index contributed by atoms with van der Waals surface area (Å²) in [5.41, 5.74) is 1.91. The number of hydrogen-bond acceptors (Lipinski definition) is 3. The Morgan fingerprint density at radius 2 is 2.35 bits per heavy atom. The van der Waals surface area contributed by atoms with Crippen molar-refractivity contribution in [2.75, 3.05) is 19.6 Å². The molecule has 0 spiro atoms. The van der Waals surface area contributed by atoms with Crippen LogP contribution in [-0.2, 0) is 11.3 Å². The summed E-state index contributed by atoms with van der Waals surface area (Å²) >= 11 is 0. The van der Waals surface area contributed by atoms with Crippen molar-refractivity contribution in [2.24, 2.45) is 0 Å². The summed E-state index contributed by atoms with van der Waals surface area (Å²) in [6, 6.07) is 6.37. The molecule has 1 aliphatic heterocycles. The molecule has 1 saturated heterocycles. The molecule has 1 fully saturated rings. The highest BCUT2D eigenvalue weighted by atomic mass is 19.1. The van der Waals surface area contributed by atoms with Crippen molar-refractivity contribution >= 4 is 5.91 Å². The molecule has 122 valence electrons. The number of aryl methyl sites for hydroxylation is 2. The molecule has 3 rings (SSSR count). The molecule has 2 heterocycles. The summed E-state index contributed by atoms with van der Waals surface area (Å²) in [6.07, 6.45) is 4.10. The van der Waals surface area contributed by atoms with Crippen LogP contribution in [0.15, 0.2) is 36.7 Å². The van der Waals surface area contributed by atoms with Gasteiger partial charge in [0, 0.05) is 38.8 Å². The van der Waals surface area contributed by atoms with E-state index in [0.29, 0.717) is 26.1 Å². The second-order valence-corrected chi connectivity index (χ2v) is 5.89. The summed E-state index contributed by atoms with van der Waals surface area (Å²) < 4.78 is 15.3. The van der Waals surface area contributed by atoms with E-state index in [1.807, 2.05) is 24.1 Å². The van der Waals surface area contributed by atoms with Crippen LogP contribution in [0.1, 0.15) is 23.6 Å². The number of hydrogen-bond donors (Lipinski definition) is 1. The van der Waals surface area contributed by atoms with E-state index in [-0.39, 0.29) is 17.8 Å². The van der Waals surface area contributed by atoms with Crippen LogP contribution in [0.4, 0.5) is 4.39 Å². The van der Waals surface area contributed by atoms with Crippen LogP contribution >= 0.6 is 0 Å². The zero-order valence-electron chi connectivity index (χ0n) is 13.2. The Balaban J connectivity index is 1.69. The smallest absolute Gasteiger partial charge is 0.225 e. The van der Waals surface area contributed by atoms with Crippen LogP contribution in [0.5, 0.6) is 0 Å². The maximum atomic E-state index is 13.5. The largest absolute Gasteiger partial charge is 0.333 e. The van der Waals surface area contributed by atoms with E-state index in [1.54, 1.807) is 16.9 Å². The molecule has 0 saturated carbocycles. The number of carbonyl (C=O) groups excluding carboxylic acids is 1. The first-order valence-electron chi connectivity index (χ1n) is 7.88. The average molecular weight is 316 g/mol. The third kappa shape index (κ3) is 3.76. The highest BCUT2D eigenvalue weighted by Crippen LogP contribution is 2.23. The molecule has 23 heavy (non-hydrogen) atoms. The van der Waals surface area contributed by atoms with Gasteiger partial charge >= 0.3 is 0 Å². The number of rotatable bonds is 4.